The van der Waals surface area contributed by atoms with Crippen molar-refractivity contribution in [1.82, 2.24) is 0 Å². The molecule has 0 saturated heterocycles. The molecule has 0 spiro atoms. The SMILES string of the molecule is CCSc1cc(Br)cc(C=O)c1. The van der Waals surface area contributed by atoms with Gasteiger partial charge in [0.1, 0.15) is 6.29 Å². The van der Waals surface area contributed by atoms with E-state index in [0.29, 0.717) is 0 Å². The Hall–Kier alpha value is -0.280. The topological polar surface area (TPSA) is 17.1 Å². The van der Waals surface area contributed by atoms with Gasteiger partial charge in [0.15, 0.2) is 0 Å². The Morgan fingerprint density at radius 1 is 1.50 bits per heavy atom. The lowest BCUT2D eigenvalue weighted by Gasteiger charge is -2.00. The van der Waals surface area contributed by atoms with Crippen LogP contribution in [-0.4, -0.2) is 12.0 Å². The smallest absolute Gasteiger partial charge is 0.150 e. The van der Waals surface area contributed by atoms with Gasteiger partial charge in [-0.2, -0.15) is 0 Å². The maximum atomic E-state index is 10.5. The van der Waals surface area contributed by atoms with E-state index in [2.05, 4.69) is 22.9 Å². The minimum Gasteiger partial charge on any atom is -0.298 e. The van der Waals surface area contributed by atoms with Crippen LogP contribution >= 0.6 is 27.7 Å². The van der Waals surface area contributed by atoms with Gasteiger partial charge in [-0.15, -0.1) is 11.8 Å². The number of hydrogen-bond donors (Lipinski definition) is 0. The molecular formula is C9H9BrOS. The highest BCUT2D eigenvalue weighted by Gasteiger charge is 1.97. The fourth-order valence-corrected chi connectivity index (χ4v) is 2.33. The van der Waals surface area contributed by atoms with Crippen molar-refractivity contribution >= 4 is 34.0 Å². The van der Waals surface area contributed by atoms with E-state index in [0.717, 1.165) is 27.0 Å². The molecule has 0 saturated carbocycles. The summed E-state index contributed by atoms with van der Waals surface area (Å²) in [6, 6.07) is 5.72. The molecule has 0 aromatic heterocycles. The number of hydrogen-bond acceptors (Lipinski definition) is 2. The highest BCUT2D eigenvalue weighted by molar-refractivity contribution is 9.10. The second-order valence-electron chi connectivity index (χ2n) is 2.27. The van der Waals surface area contributed by atoms with Gasteiger partial charge in [-0.25, -0.2) is 0 Å². The molecule has 0 fully saturated rings. The lowest BCUT2D eigenvalue weighted by atomic mass is 10.2. The molecule has 12 heavy (non-hydrogen) atoms. The van der Waals surface area contributed by atoms with E-state index in [-0.39, 0.29) is 0 Å². The maximum absolute atomic E-state index is 10.5. The van der Waals surface area contributed by atoms with Crippen molar-refractivity contribution in [2.75, 3.05) is 5.75 Å². The summed E-state index contributed by atoms with van der Waals surface area (Å²) in [5, 5.41) is 0. The van der Waals surface area contributed by atoms with Gasteiger partial charge in [0.25, 0.3) is 0 Å². The zero-order valence-electron chi connectivity index (χ0n) is 6.71. The maximum Gasteiger partial charge on any atom is 0.150 e. The first kappa shape index (κ1) is 9.81. The second kappa shape index (κ2) is 4.67. The molecule has 0 aliphatic rings. The highest BCUT2D eigenvalue weighted by atomic mass is 79.9. The van der Waals surface area contributed by atoms with E-state index >= 15 is 0 Å². The summed E-state index contributed by atoms with van der Waals surface area (Å²) in [4.78, 5) is 11.6. The van der Waals surface area contributed by atoms with Crippen LogP contribution in [-0.2, 0) is 0 Å². The summed E-state index contributed by atoms with van der Waals surface area (Å²) in [6.45, 7) is 2.09. The number of benzene rings is 1. The third kappa shape index (κ3) is 2.64. The minimum absolute atomic E-state index is 0.723. The predicted molar refractivity (Wildman–Crippen MR) is 55.9 cm³/mol. The van der Waals surface area contributed by atoms with Crippen LogP contribution in [0, 0.1) is 0 Å². The van der Waals surface area contributed by atoms with Crippen LogP contribution in [0.3, 0.4) is 0 Å². The van der Waals surface area contributed by atoms with Gasteiger partial charge >= 0.3 is 0 Å². The second-order valence-corrected chi connectivity index (χ2v) is 4.52. The molecule has 3 heteroatoms. The van der Waals surface area contributed by atoms with E-state index in [4.69, 9.17) is 0 Å². The van der Waals surface area contributed by atoms with Crippen LogP contribution in [0.15, 0.2) is 27.6 Å². The normalized spacial score (nSPS) is 9.83. The van der Waals surface area contributed by atoms with Gasteiger partial charge < -0.3 is 0 Å². The zero-order valence-corrected chi connectivity index (χ0v) is 9.11. The summed E-state index contributed by atoms with van der Waals surface area (Å²) >= 11 is 5.08. The van der Waals surface area contributed by atoms with Crippen LogP contribution < -0.4 is 0 Å². The molecule has 1 aromatic carbocycles. The Bertz CT molecular complexity index is 286. The van der Waals surface area contributed by atoms with Crippen molar-refractivity contribution in [2.45, 2.75) is 11.8 Å². The Balaban J connectivity index is 2.97. The quantitative estimate of drug-likeness (QED) is 0.599. The van der Waals surface area contributed by atoms with Gasteiger partial charge in [0, 0.05) is 14.9 Å². The largest absolute Gasteiger partial charge is 0.298 e. The fraction of sp³-hybridized carbons (Fsp3) is 0.222. The Morgan fingerprint density at radius 2 is 2.25 bits per heavy atom. The minimum atomic E-state index is 0.723. The molecule has 0 unspecified atom stereocenters. The van der Waals surface area contributed by atoms with E-state index < -0.39 is 0 Å². The molecule has 0 bridgehead atoms. The van der Waals surface area contributed by atoms with Crippen LogP contribution in [0.1, 0.15) is 17.3 Å². The summed E-state index contributed by atoms with van der Waals surface area (Å²) in [5.41, 5.74) is 0.723. The molecule has 0 N–H and O–H groups in total. The summed E-state index contributed by atoms with van der Waals surface area (Å²) in [5.74, 6) is 1.02. The molecule has 0 aliphatic carbocycles. The Morgan fingerprint density at radius 3 is 2.83 bits per heavy atom. The van der Waals surface area contributed by atoms with E-state index in [1.807, 2.05) is 18.2 Å². The zero-order chi connectivity index (χ0) is 8.97. The number of halogens is 1. The molecule has 0 aliphatic heterocycles. The molecule has 0 radical (unpaired) electrons. The van der Waals surface area contributed by atoms with Crippen molar-refractivity contribution in [3.63, 3.8) is 0 Å². The number of carbonyl (C=O) groups excluding carboxylic acids is 1. The number of rotatable bonds is 3. The molecular weight excluding hydrogens is 236 g/mol. The first-order valence-corrected chi connectivity index (χ1v) is 5.42. The van der Waals surface area contributed by atoms with Crippen molar-refractivity contribution in [2.24, 2.45) is 0 Å². The van der Waals surface area contributed by atoms with Crippen molar-refractivity contribution in [3.05, 3.63) is 28.2 Å². The van der Waals surface area contributed by atoms with Gasteiger partial charge in [0.2, 0.25) is 0 Å². The third-order valence-electron chi connectivity index (χ3n) is 1.34. The van der Waals surface area contributed by atoms with Crippen LogP contribution in [0.2, 0.25) is 0 Å². The molecule has 1 nitrogen and oxygen atoms in total. The molecule has 0 heterocycles. The lowest BCUT2D eigenvalue weighted by molar-refractivity contribution is 0.112. The molecule has 64 valence electrons. The predicted octanol–water partition coefficient (Wildman–Crippen LogP) is 3.37. The van der Waals surface area contributed by atoms with Gasteiger partial charge in [-0.3, -0.25) is 4.79 Å². The number of aldehydes is 1. The van der Waals surface area contributed by atoms with Crippen molar-refractivity contribution in [1.29, 1.82) is 0 Å². The summed E-state index contributed by atoms with van der Waals surface area (Å²) in [6.07, 6.45) is 0.866. The first-order chi connectivity index (χ1) is 5.76. The Kier molecular flexibility index (Phi) is 3.82. The van der Waals surface area contributed by atoms with Gasteiger partial charge in [-0.1, -0.05) is 22.9 Å². The van der Waals surface area contributed by atoms with Gasteiger partial charge in [-0.05, 0) is 24.0 Å². The van der Waals surface area contributed by atoms with E-state index in [1.165, 1.54) is 0 Å². The Labute approximate surface area is 84.7 Å². The standard InChI is InChI=1S/C9H9BrOS/c1-2-12-9-4-7(6-11)3-8(10)5-9/h3-6H,2H2,1H3. The summed E-state index contributed by atoms with van der Waals surface area (Å²) in [7, 11) is 0. The highest BCUT2D eigenvalue weighted by Crippen LogP contribution is 2.23. The van der Waals surface area contributed by atoms with Crippen LogP contribution in [0.25, 0.3) is 0 Å². The molecule has 0 amide bonds. The first-order valence-electron chi connectivity index (χ1n) is 3.65. The third-order valence-corrected chi connectivity index (χ3v) is 2.66. The monoisotopic (exact) mass is 244 g/mol. The average Bonchev–Trinajstić information content (AvgIpc) is 2.04. The van der Waals surface area contributed by atoms with Crippen LogP contribution in [0.5, 0.6) is 0 Å². The molecule has 1 rings (SSSR count). The van der Waals surface area contributed by atoms with E-state index in [9.17, 15) is 4.79 Å². The van der Waals surface area contributed by atoms with Crippen LogP contribution in [0.4, 0.5) is 0 Å². The number of thioether (sulfide) groups is 1. The van der Waals surface area contributed by atoms with Crippen molar-refractivity contribution < 1.29 is 4.79 Å². The average molecular weight is 245 g/mol. The molecule has 0 atom stereocenters. The molecule has 1 aromatic rings. The summed E-state index contributed by atoms with van der Waals surface area (Å²) < 4.78 is 0.961. The lowest BCUT2D eigenvalue weighted by Crippen LogP contribution is -1.81. The number of carbonyl (C=O) groups is 1. The van der Waals surface area contributed by atoms with Crippen molar-refractivity contribution in [3.8, 4) is 0 Å². The fourth-order valence-electron chi connectivity index (χ4n) is 0.902. The van der Waals surface area contributed by atoms with Gasteiger partial charge in [0.05, 0.1) is 0 Å². The van der Waals surface area contributed by atoms with E-state index in [1.54, 1.807) is 11.8 Å².